The summed E-state index contributed by atoms with van der Waals surface area (Å²) in [5, 5.41) is 13.0. The third-order valence-electron chi connectivity index (χ3n) is 8.08. The highest BCUT2D eigenvalue weighted by atomic mass is 32.2. The van der Waals surface area contributed by atoms with Crippen molar-refractivity contribution in [1.82, 2.24) is 9.80 Å². The molecule has 2 aliphatic rings. The van der Waals surface area contributed by atoms with Crippen LogP contribution in [0.2, 0.25) is 0 Å². The molecule has 2 unspecified atom stereocenters. The lowest BCUT2D eigenvalue weighted by Gasteiger charge is -2.44. The van der Waals surface area contributed by atoms with E-state index in [2.05, 4.69) is 28.9 Å². The monoisotopic (exact) mass is 532 g/mol. The van der Waals surface area contributed by atoms with Gasteiger partial charge >= 0.3 is 0 Å². The minimum atomic E-state index is -0.373. The van der Waals surface area contributed by atoms with Gasteiger partial charge in [0.25, 0.3) is 11.6 Å². The van der Waals surface area contributed by atoms with Crippen LogP contribution in [-0.2, 0) is 5.75 Å². The molecule has 200 valence electrons. The Balaban J connectivity index is 1.21. The second kappa shape index (κ2) is 11.4. The second-order valence-electron chi connectivity index (χ2n) is 10.7. The van der Waals surface area contributed by atoms with Gasteiger partial charge < -0.3 is 10.6 Å². The smallest absolute Gasteiger partial charge is 0.269 e. The van der Waals surface area contributed by atoms with E-state index in [4.69, 9.17) is 5.73 Å². The number of fused-ring (bicyclic) bond motifs is 1. The zero-order valence-corrected chi connectivity index (χ0v) is 22.7. The largest absolute Gasteiger partial charge is 0.335 e. The van der Waals surface area contributed by atoms with Crippen molar-refractivity contribution in [3.63, 3.8) is 0 Å². The molecular formula is C30H36N4O3S. The maximum absolute atomic E-state index is 13.7. The molecule has 1 spiro atoms. The van der Waals surface area contributed by atoms with Crippen LogP contribution in [0.1, 0.15) is 42.1 Å². The molecule has 38 heavy (non-hydrogen) atoms. The Morgan fingerprint density at radius 1 is 1.13 bits per heavy atom. The molecule has 3 aromatic rings. The third kappa shape index (κ3) is 5.58. The number of hydrogen-bond acceptors (Lipinski definition) is 6. The number of hydrogen-bond donors (Lipinski definition) is 1. The molecule has 0 bridgehead atoms. The number of carbonyl (C=O) groups is 1. The summed E-state index contributed by atoms with van der Waals surface area (Å²) in [7, 11) is 0. The molecule has 3 aromatic carbocycles. The van der Waals surface area contributed by atoms with E-state index in [1.54, 1.807) is 23.9 Å². The lowest BCUT2D eigenvalue weighted by Crippen LogP contribution is -2.59. The van der Waals surface area contributed by atoms with Crippen molar-refractivity contribution >= 4 is 34.1 Å². The van der Waals surface area contributed by atoms with Crippen LogP contribution in [-0.4, -0.2) is 64.1 Å². The highest BCUT2D eigenvalue weighted by Crippen LogP contribution is 2.53. The van der Waals surface area contributed by atoms with Crippen molar-refractivity contribution < 1.29 is 9.72 Å². The fourth-order valence-electron chi connectivity index (χ4n) is 6.05. The van der Waals surface area contributed by atoms with Gasteiger partial charge in [-0.2, -0.15) is 11.8 Å². The summed E-state index contributed by atoms with van der Waals surface area (Å²) < 4.78 is 0. The summed E-state index contributed by atoms with van der Waals surface area (Å²) in [5.41, 5.74) is 8.62. The minimum absolute atomic E-state index is 0.0260. The van der Waals surface area contributed by atoms with Gasteiger partial charge in [-0.25, -0.2) is 0 Å². The van der Waals surface area contributed by atoms with Crippen LogP contribution in [0, 0.1) is 16.0 Å². The first-order valence-electron chi connectivity index (χ1n) is 13.5. The number of thioether (sulfide) groups is 1. The maximum Gasteiger partial charge on any atom is 0.269 e. The maximum atomic E-state index is 13.7. The molecule has 7 nitrogen and oxygen atoms in total. The topological polar surface area (TPSA) is 92.7 Å². The summed E-state index contributed by atoms with van der Waals surface area (Å²) in [6.07, 6.45) is 3.45. The molecule has 0 aromatic heterocycles. The van der Waals surface area contributed by atoms with Gasteiger partial charge in [0.05, 0.1) is 4.92 Å². The number of non-ortho nitro benzene ring substituents is 1. The predicted octanol–water partition coefficient (Wildman–Crippen LogP) is 5.33. The first-order chi connectivity index (χ1) is 18.4. The fourth-order valence-corrected chi connectivity index (χ4v) is 7.00. The number of benzene rings is 3. The van der Waals surface area contributed by atoms with Gasteiger partial charge in [-0.15, -0.1) is 0 Å². The number of amides is 1. The Hall–Kier alpha value is -2.94. The molecule has 1 aliphatic heterocycles. The van der Waals surface area contributed by atoms with E-state index in [1.165, 1.54) is 6.42 Å². The summed E-state index contributed by atoms with van der Waals surface area (Å²) in [5.74, 6) is 2.34. The molecule has 8 heteroatoms. The molecule has 1 aliphatic carbocycles. The first kappa shape index (κ1) is 26.7. The van der Waals surface area contributed by atoms with E-state index in [-0.39, 0.29) is 28.1 Å². The van der Waals surface area contributed by atoms with Gasteiger partial charge in [0.2, 0.25) is 0 Å². The van der Waals surface area contributed by atoms with Crippen LogP contribution < -0.4 is 5.73 Å². The van der Waals surface area contributed by atoms with Crippen LogP contribution in [0.3, 0.4) is 0 Å². The first-order valence-corrected chi connectivity index (χ1v) is 14.7. The van der Waals surface area contributed by atoms with E-state index >= 15 is 0 Å². The van der Waals surface area contributed by atoms with Crippen molar-refractivity contribution in [3.05, 3.63) is 88.0 Å². The van der Waals surface area contributed by atoms with Gasteiger partial charge in [0, 0.05) is 67.0 Å². The van der Waals surface area contributed by atoms with Crippen molar-refractivity contribution in [1.29, 1.82) is 0 Å². The average molecular weight is 533 g/mol. The van der Waals surface area contributed by atoms with Crippen molar-refractivity contribution in [2.75, 3.05) is 31.9 Å². The van der Waals surface area contributed by atoms with Crippen molar-refractivity contribution in [2.45, 2.75) is 43.5 Å². The fraction of sp³-hybridized carbons (Fsp3) is 0.433. The van der Waals surface area contributed by atoms with Crippen molar-refractivity contribution in [3.8, 4) is 0 Å². The SMILES string of the molecule is CCCC1CC12CN(C(=O)c1cccc3ccccc13)CCN2C[C@@H](N)CSCc1ccc([N+](=O)[O-])cc1. The highest BCUT2D eigenvalue weighted by molar-refractivity contribution is 7.98. The van der Waals surface area contributed by atoms with E-state index < -0.39 is 0 Å². The van der Waals surface area contributed by atoms with Crippen molar-refractivity contribution in [2.24, 2.45) is 11.7 Å². The quantitative estimate of drug-likeness (QED) is 0.280. The third-order valence-corrected chi connectivity index (χ3v) is 9.28. The van der Waals surface area contributed by atoms with E-state index in [9.17, 15) is 14.9 Å². The van der Waals surface area contributed by atoms with Crippen LogP contribution >= 0.6 is 11.8 Å². The lowest BCUT2D eigenvalue weighted by atomic mass is 10.0. The molecule has 5 rings (SSSR count). The molecule has 1 saturated heterocycles. The van der Waals surface area contributed by atoms with Crippen LogP contribution in [0.15, 0.2) is 66.7 Å². The molecular weight excluding hydrogens is 496 g/mol. The summed E-state index contributed by atoms with van der Waals surface area (Å²) in [6, 6.07) is 20.9. The molecule has 1 amide bonds. The average Bonchev–Trinajstić information content (AvgIpc) is 3.61. The number of nitrogens with two attached hydrogens (primary N) is 1. The molecule has 2 N–H and O–H groups in total. The summed E-state index contributed by atoms with van der Waals surface area (Å²) in [6.45, 7) is 5.38. The molecule has 0 radical (unpaired) electrons. The molecule has 1 saturated carbocycles. The number of nitro groups is 1. The Kier molecular flexibility index (Phi) is 8.02. The summed E-state index contributed by atoms with van der Waals surface area (Å²) in [4.78, 5) is 28.8. The summed E-state index contributed by atoms with van der Waals surface area (Å²) >= 11 is 1.77. The number of carbonyl (C=O) groups excluding carboxylic acids is 1. The number of nitro benzene ring substituents is 1. The molecule has 3 atom stereocenters. The lowest BCUT2D eigenvalue weighted by molar-refractivity contribution is -0.384. The van der Waals surface area contributed by atoms with E-state index in [0.717, 1.165) is 65.9 Å². The predicted molar refractivity (Wildman–Crippen MR) is 154 cm³/mol. The Bertz CT molecular complexity index is 1290. The van der Waals surface area contributed by atoms with Crippen LogP contribution in [0.4, 0.5) is 5.69 Å². The number of nitrogens with zero attached hydrogens (tertiary/aromatic N) is 3. The van der Waals surface area contributed by atoms with Gasteiger partial charge in [0.1, 0.15) is 0 Å². The van der Waals surface area contributed by atoms with Gasteiger partial charge in [-0.05, 0) is 41.2 Å². The van der Waals surface area contributed by atoms with Crippen LogP contribution in [0.25, 0.3) is 10.8 Å². The Morgan fingerprint density at radius 2 is 1.89 bits per heavy atom. The zero-order valence-electron chi connectivity index (χ0n) is 21.9. The van der Waals surface area contributed by atoms with Gasteiger partial charge in [-0.3, -0.25) is 19.8 Å². The highest BCUT2D eigenvalue weighted by Gasteiger charge is 2.59. The standard InChI is InChI=1S/C30H36N4O3S/c1-2-6-24-17-30(24)21-32(29(35)28-10-5-8-23-7-3-4-9-27(23)28)15-16-33(30)18-25(31)20-38-19-22-11-13-26(14-12-22)34(36)37/h3-5,7-14,24-25H,2,6,15-21,31H2,1H3/t24?,25-,30?/m1/s1. The molecule has 2 fully saturated rings. The minimum Gasteiger partial charge on any atom is -0.335 e. The zero-order chi connectivity index (χ0) is 26.7. The van der Waals surface area contributed by atoms with E-state index in [1.807, 2.05) is 42.5 Å². The van der Waals surface area contributed by atoms with Gasteiger partial charge in [0.15, 0.2) is 0 Å². The second-order valence-corrected chi connectivity index (χ2v) is 11.7. The normalized spacial score (nSPS) is 22.1. The number of rotatable bonds is 10. The number of piperazine rings is 1. The molecule has 1 heterocycles. The van der Waals surface area contributed by atoms with Gasteiger partial charge in [-0.1, -0.05) is 61.9 Å². The Morgan fingerprint density at radius 3 is 2.66 bits per heavy atom. The van der Waals surface area contributed by atoms with E-state index in [0.29, 0.717) is 12.5 Å². The Labute approximate surface area is 228 Å². The van der Waals surface area contributed by atoms with Crippen LogP contribution in [0.5, 0.6) is 0 Å².